The third-order valence-electron chi connectivity index (χ3n) is 3.62. The Bertz CT molecular complexity index is 580. The molecular weight excluding hydrogens is 258 g/mol. The van der Waals surface area contributed by atoms with Crippen molar-refractivity contribution in [2.75, 3.05) is 18.0 Å². The normalized spacial score (nSPS) is 18.2. The Labute approximate surface area is 117 Å². The average molecular weight is 274 g/mol. The van der Waals surface area contributed by atoms with Crippen molar-refractivity contribution >= 4 is 11.4 Å². The van der Waals surface area contributed by atoms with Crippen LogP contribution < -0.4 is 10.2 Å². The fourth-order valence-electron chi connectivity index (χ4n) is 2.65. The summed E-state index contributed by atoms with van der Waals surface area (Å²) in [6, 6.07) is 14.1. The maximum atomic E-state index is 13.5. The molecule has 0 saturated carbocycles. The first kappa shape index (κ1) is 13.1. The van der Waals surface area contributed by atoms with E-state index in [0.29, 0.717) is 5.69 Å². The fraction of sp³-hybridized carbons (Fsp3) is 0.250. The van der Waals surface area contributed by atoms with Gasteiger partial charge in [-0.05, 0) is 37.2 Å². The van der Waals surface area contributed by atoms with Gasteiger partial charge in [0.2, 0.25) is 0 Å². The summed E-state index contributed by atoms with van der Waals surface area (Å²) in [5.74, 6) is -1.62. The minimum Gasteiger partial charge on any atom is -0.337 e. The summed E-state index contributed by atoms with van der Waals surface area (Å²) in [6.45, 7) is 1.78. The highest BCUT2D eigenvalue weighted by Crippen LogP contribution is 2.30. The minimum absolute atomic E-state index is 0.252. The van der Waals surface area contributed by atoms with Gasteiger partial charge in [-0.2, -0.15) is 0 Å². The summed E-state index contributed by atoms with van der Waals surface area (Å²) in [7, 11) is 0. The Morgan fingerprint density at radius 3 is 2.40 bits per heavy atom. The molecule has 0 aromatic heterocycles. The molecule has 0 spiro atoms. The van der Waals surface area contributed by atoms with Gasteiger partial charge >= 0.3 is 0 Å². The Hall–Kier alpha value is -1.94. The van der Waals surface area contributed by atoms with Crippen LogP contribution in [0.15, 0.2) is 48.5 Å². The minimum atomic E-state index is -0.814. The molecule has 1 fully saturated rings. The summed E-state index contributed by atoms with van der Waals surface area (Å²) in [4.78, 5) is 2.07. The topological polar surface area (TPSA) is 15.3 Å². The molecule has 1 aliphatic heterocycles. The molecule has 3 rings (SSSR count). The van der Waals surface area contributed by atoms with Crippen LogP contribution in [0.2, 0.25) is 0 Å². The van der Waals surface area contributed by atoms with Crippen LogP contribution in [0.4, 0.5) is 20.2 Å². The molecule has 1 N–H and O–H groups in total. The lowest BCUT2D eigenvalue weighted by molar-refractivity contribution is 0.508. The molecule has 0 bridgehead atoms. The van der Waals surface area contributed by atoms with Crippen molar-refractivity contribution in [2.45, 2.75) is 12.5 Å². The van der Waals surface area contributed by atoms with Crippen molar-refractivity contribution in [3.63, 3.8) is 0 Å². The van der Waals surface area contributed by atoms with E-state index in [2.05, 4.69) is 10.2 Å². The predicted molar refractivity (Wildman–Crippen MR) is 76.2 cm³/mol. The second-order valence-corrected chi connectivity index (χ2v) is 4.95. The van der Waals surface area contributed by atoms with Gasteiger partial charge in [-0.1, -0.05) is 18.2 Å². The summed E-state index contributed by atoms with van der Waals surface area (Å²) in [5.41, 5.74) is 1.68. The zero-order valence-electron chi connectivity index (χ0n) is 11.0. The number of para-hydroxylation sites is 1. The number of nitrogens with zero attached hydrogens (tertiary/aromatic N) is 1. The van der Waals surface area contributed by atoms with Crippen LogP contribution in [0.3, 0.4) is 0 Å². The number of hydrogen-bond donors (Lipinski definition) is 1. The SMILES string of the molecule is Fc1ccc(N(c2ccccc2)C2CCNC2)cc1F. The number of anilines is 2. The molecule has 0 radical (unpaired) electrons. The molecule has 1 unspecified atom stereocenters. The van der Waals surface area contributed by atoms with E-state index in [1.54, 1.807) is 6.07 Å². The lowest BCUT2D eigenvalue weighted by atomic mass is 10.1. The van der Waals surface area contributed by atoms with E-state index in [0.717, 1.165) is 25.2 Å². The first-order valence-electron chi connectivity index (χ1n) is 6.76. The fourth-order valence-corrected chi connectivity index (χ4v) is 2.65. The summed E-state index contributed by atoms with van der Waals surface area (Å²) in [6.07, 6.45) is 0.980. The number of nitrogens with one attached hydrogen (secondary N) is 1. The number of hydrogen-bond acceptors (Lipinski definition) is 2. The van der Waals surface area contributed by atoms with Gasteiger partial charge in [-0.15, -0.1) is 0 Å². The van der Waals surface area contributed by atoms with Gasteiger partial charge in [0.1, 0.15) is 0 Å². The van der Waals surface area contributed by atoms with Crippen molar-refractivity contribution in [3.05, 3.63) is 60.2 Å². The van der Waals surface area contributed by atoms with Crippen molar-refractivity contribution in [3.8, 4) is 0 Å². The van der Waals surface area contributed by atoms with E-state index >= 15 is 0 Å². The Balaban J connectivity index is 2.02. The van der Waals surface area contributed by atoms with Gasteiger partial charge in [-0.3, -0.25) is 0 Å². The standard InChI is InChI=1S/C16H16F2N2/c17-15-7-6-13(10-16(15)18)20(14-8-9-19-11-14)12-4-2-1-3-5-12/h1-7,10,14,19H,8-9,11H2. The lowest BCUT2D eigenvalue weighted by Gasteiger charge is -2.31. The van der Waals surface area contributed by atoms with Gasteiger partial charge in [-0.25, -0.2) is 8.78 Å². The number of halogens is 2. The van der Waals surface area contributed by atoms with E-state index in [1.807, 2.05) is 30.3 Å². The molecule has 1 saturated heterocycles. The Kier molecular flexibility index (Phi) is 3.65. The molecule has 104 valence electrons. The van der Waals surface area contributed by atoms with E-state index in [-0.39, 0.29) is 6.04 Å². The predicted octanol–water partition coefficient (Wildman–Crippen LogP) is 3.46. The van der Waals surface area contributed by atoms with Crippen LogP contribution in [0.5, 0.6) is 0 Å². The van der Waals surface area contributed by atoms with Gasteiger partial charge in [0, 0.05) is 30.0 Å². The second-order valence-electron chi connectivity index (χ2n) is 4.95. The van der Waals surface area contributed by atoms with Crippen LogP contribution in [0, 0.1) is 11.6 Å². The lowest BCUT2D eigenvalue weighted by Crippen LogP contribution is -2.33. The molecule has 1 atom stereocenters. The summed E-state index contributed by atoms with van der Waals surface area (Å²) < 4.78 is 26.7. The van der Waals surface area contributed by atoms with Gasteiger partial charge in [0.15, 0.2) is 11.6 Å². The van der Waals surface area contributed by atoms with E-state index in [4.69, 9.17) is 0 Å². The van der Waals surface area contributed by atoms with E-state index in [1.165, 1.54) is 12.1 Å². The van der Waals surface area contributed by atoms with Crippen LogP contribution in [0.25, 0.3) is 0 Å². The highest BCUT2D eigenvalue weighted by molar-refractivity contribution is 5.64. The molecule has 0 amide bonds. The highest BCUT2D eigenvalue weighted by Gasteiger charge is 2.24. The quantitative estimate of drug-likeness (QED) is 0.922. The van der Waals surface area contributed by atoms with Crippen molar-refractivity contribution in [1.29, 1.82) is 0 Å². The molecule has 2 aromatic carbocycles. The average Bonchev–Trinajstić information content (AvgIpc) is 2.98. The van der Waals surface area contributed by atoms with Crippen molar-refractivity contribution in [1.82, 2.24) is 5.32 Å². The van der Waals surface area contributed by atoms with Crippen LogP contribution in [-0.2, 0) is 0 Å². The smallest absolute Gasteiger partial charge is 0.160 e. The maximum Gasteiger partial charge on any atom is 0.160 e. The Morgan fingerprint density at radius 2 is 1.75 bits per heavy atom. The van der Waals surface area contributed by atoms with Crippen molar-refractivity contribution in [2.24, 2.45) is 0 Å². The van der Waals surface area contributed by atoms with Gasteiger partial charge in [0.05, 0.1) is 0 Å². The summed E-state index contributed by atoms with van der Waals surface area (Å²) >= 11 is 0. The van der Waals surface area contributed by atoms with E-state index < -0.39 is 11.6 Å². The monoisotopic (exact) mass is 274 g/mol. The third-order valence-corrected chi connectivity index (χ3v) is 3.62. The van der Waals surface area contributed by atoms with E-state index in [9.17, 15) is 8.78 Å². The molecule has 0 aliphatic carbocycles. The van der Waals surface area contributed by atoms with Crippen molar-refractivity contribution < 1.29 is 8.78 Å². The zero-order chi connectivity index (χ0) is 13.9. The number of rotatable bonds is 3. The largest absolute Gasteiger partial charge is 0.337 e. The Morgan fingerprint density at radius 1 is 0.950 bits per heavy atom. The van der Waals surface area contributed by atoms with Crippen LogP contribution in [-0.4, -0.2) is 19.1 Å². The highest BCUT2D eigenvalue weighted by atomic mass is 19.2. The molecule has 1 aliphatic rings. The first-order valence-corrected chi connectivity index (χ1v) is 6.76. The number of benzene rings is 2. The van der Waals surface area contributed by atoms with Gasteiger partial charge < -0.3 is 10.2 Å². The third kappa shape index (κ3) is 2.51. The molecule has 1 heterocycles. The van der Waals surface area contributed by atoms with Crippen LogP contribution in [0.1, 0.15) is 6.42 Å². The molecule has 2 aromatic rings. The van der Waals surface area contributed by atoms with Crippen LogP contribution >= 0.6 is 0 Å². The zero-order valence-corrected chi connectivity index (χ0v) is 11.0. The first-order chi connectivity index (χ1) is 9.75. The molecule has 20 heavy (non-hydrogen) atoms. The maximum absolute atomic E-state index is 13.5. The summed E-state index contributed by atoms with van der Waals surface area (Å²) in [5, 5.41) is 3.31. The molecular formula is C16H16F2N2. The second kappa shape index (κ2) is 5.59. The van der Waals surface area contributed by atoms with Gasteiger partial charge in [0.25, 0.3) is 0 Å². The molecule has 4 heteroatoms. The molecule has 2 nitrogen and oxygen atoms in total.